The second-order valence-corrected chi connectivity index (χ2v) is 4.44. The zero-order valence-electron chi connectivity index (χ0n) is 9.53. The molecule has 1 amide bonds. The molecule has 1 fully saturated rings. The number of hydrogen-bond donors (Lipinski definition) is 0. The van der Waals surface area contributed by atoms with Crippen molar-refractivity contribution in [1.29, 1.82) is 0 Å². The van der Waals surface area contributed by atoms with Crippen LogP contribution < -0.4 is 0 Å². The molecular weight excluding hydrogens is 190 g/mol. The van der Waals surface area contributed by atoms with Gasteiger partial charge in [-0.3, -0.25) is 9.48 Å². The summed E-state index contributed by atoms with van der Waals surface area (Å²) in [7, 11) is 1.82. The molecule has 0 N–H and O–H groups in total. The molecule has 1 unspecified atom stereocenters. The molecule has 82 valence electrons. The first-order chi connectivity index (χ1) is 7.08. The van der Waals surface area contributed by atoms with Crippen molar-refractivity contribution in [1.82, 2.24) is 14.7 Å². The standard InChI is InChI=1S/C11H17N3O/c1-8-4-5-14(7-8)11(15)10-6-9(2)12-13(10)3/h6,8H,4-5,7H2,1-3H3. The normalized spacial score (nSPS) is 21.0. The molecule has 4 nitrogen and oxygen atoms in total. The second-order valence-electron chi connectivity index (χ2n) is 4.44. The van der Waals surface area contributed by atoms with Crippen LogP contribution >= 0.6 is 0 Å². The predicted octanol–water partition coefficient (Wildman–Crippen LogP) is 1.21. The van der Waals surface area contributed by atoms with Crippen LogP contribution in [0.25, 0.3) is 0 Å². The fraction of sp³-hybridized carbons (Fsp3) is 0.636. The molecule has 0 spiro atoms. The van der Waals surface area contributed by atoms with Gasteiger partial charge in [0.1, 0.15) is 5.69 Å². The highest BCUT2D eigenvalue weighted by Crippen LogP contribution is 2.17. The lowest BCUT2D eigenvalue weighted by Gasteiger charge is -2.15. The number of amides is 1. The Bertz CT molecular complexity index is 383. The van der Waals surface area contributed by atoms with Gasteiger partial charge in [-0.05, 0) is 25.3 Å². The first-order valence-corrected chi connectivity index (χ1v) is 5.38. The number of carbonyl (C=O) groups is 1. The molecule has 0 saturated carbocycles. The van der Waals surface area contributed by atoms with Crippen molar-refractivity contribution >= 4 is 5.91 Å². The van der Waals surface area contributed by atoms with Crippen LogP contribution in [0, 0.1) is 12.8 Å². The maximum Gasteiger partial charge on any atom is 0.272 e. The van der Waals surface area contributed by atoms with Crippen molar-refractivity contribution in [3.8, 4) is 0 Å². The van der Waals surface area contributed by atoms with E-state index in [2.05, 4.69) is 12.0 Å². The van der Waals surface area contributed by atoms with Gasteiger partial charge in [-0.15, -0.1) is 0 Å². The lowest BCUT2D eigenvalue weighted by Crippen LogP contribution is -2.30. The van der Waals surface area contributed by atoms with E-state index >= 15 is 0 Å². The minimum atomic E-state index is 0.113. The highest BCUT2D eigenvalue weighted by molar-refractivity contribution is 5.92. The van der Waals surface area contributed by atoms with Crippen LogP contribution in [-0.4, -0.2) is 33.7 Å². The fourth-order valence-corrected chi connectivity index (χ4v) is 2.09. The van der Waals surface area contributed by atoms with E-state index in [9.17, 15) is 4.79 Å². The van der Waals surface area contributed by atoms with Crippen LogP contribution in [-0.2, 0) is 7.05 Å². The van der Waals surface area contributed by atoms with Gasteiger partial charge >= 0.3 is 0 Å². The van der Waals surface area contributed by atoms with Gasteiger partial charge in [-0.25, -0.2) is 0 Å². The number of hydrogen-bond acceptors (Lipinski definition) is 2. The molecule has 15 heavy (non-hydrogen) atoms. The molecule has 1 aromatic rings. The molecule has 1 atom stereocenters. The van der Waals surface area contributed by atoms with E-state index in [1.54, 1.807) is 4.68 Å². The molecule has 0 aliphatic carbocycles. The third kappa shape index (κ3) is 1.89. The molecule has 2 heterocycles. The van der Waals surface area contributed by atoms with Crippen LogP contribution in [0.5, 0.6) is 0 Å². The van der Waals surface area contributed by atoms with Crippen molar-refractivity contribution in [2.24, 2.45) is 13.0 Å². The highest BCUT2D eigenvalue weighted by atomic mass is 16.2. The van der Waals surface area contributed by atoms with Crippen LogP contribution in [0.15, 0.2) is 6.07 Å². The van der Waals surface area contributed by atoms with Gasteiger partial charge in [0.2, 0.25) is 0 Å². The monoisotopic (exact) mass is 207 g/mol. The Morgan fingerprint density at radius 2 is 2.33 bits per heavy atom. The zero-order chi connectivity index (χ0) is 11.0. The Hall–Kier alpha value is -1.32. The first-order valence-electron chi connectivity index (χ1n) is 5.38. The number of aryl methyl sites for hydroxylation is 2. The van der Waals surface area contributed by atoms with Gasteiger partial charge < -0.3 is 4.90 Å². The molecule has 1 aliphatic heterocycles. The number of rotatable bonds is 1. The van der Waals surface area contributed by atoms with Crippen molar-refractivity contribution in [3.05, 3.63) is 17.5 Å². The maximum absolute atomic E-state index is 12.1. The molecule has 1 aliphatic rings. The first kappa shape index (κ1) is 10.2. The molecular formula is C11H17N3O. The Balaban J connectivity index is 2.17. The smallest absolute Gasteiger partial charge is 0.272 e. The molecule has 1 saturated heterocycles. The molecule has 1 aromatic heterocycles. The number of carbonyl (C=O) groups excluding carboxylic acids is 1. The van der Waals surface area contributed by atoms with Gasteiger partial charge in [-0.2, -0.15) is 5.10 Å². The summed E-state index contributed by atoms with van der Waals surface area (Å²) in [5, 5.41) is 4.19. The SMILES string of the molecule is Cc1cc(C(=O)N2CCC(C)C2)n(C)n1. The summed E-state index contributed by atoms with van der Waals surface area (Å²) >= 11 is 0. The maximum atomic E-state index is 12.1. The third-order valence-corrected chi connectivity index (χ3v) is 2.93. The van der Waals surface area contributed by atoms with Gasteiger partial charge in [-0.1, -0.05) is 6.92 Å². The van der Waals surface area contributed by atoms with Crippen LogP contribution in [0.4, 0.5) is 0 Å². The quantitative estimate of drug-likeness (QED) is 0.694. The number of aromatic nitrogens is 2. The Morgan fingerprint density at radius 1 is 1.60 bits per heavy atom. The second kappa shape index (κ2) is 3.68. The minimum absolute atomic E-state index is 0.113. The summed E-state index contributed by atoms with van der Waals surface area (Å²) < 4.78 is 1.67. The average molecular weight is 207 g/mol. The average Bonchev–Trinajstić information content (AvgIpc) is 2.71. The fourth-order valence-electron chi connectivity index (χ4n) is 2.09. The lowest BCUT2D eigenvalue weighted by molar-refractivity contribution is 0.0777. The van der Waals surface area contributed by atoms with Crippen LogP contribution in [0.1, 0.15) is 29.5 Å². The van der Waals surface area contributed by atoms with Gasteiger partial charge in [0.25, 0.3) is 5.91 Å². The molecule has 0 bridgehead atoms. The van der Waals surface area contributed by atoms with Crippen molar-refractivity contribution in [2.75, 3.05) is 13.1 Å². The largest absolute Gasteiger partial charge is 0.337 e. The van der Waals surface area contributed by atoms with Crippen molar-refractivity contribution in [2.45, 2.75) is 20.3 Å². The third-order valence-electron chi connectivity index (χ3n) is 2.93. The Morgan fingerprint density at radius 3 is 2.80 bits per heavy atom. The Kier molecular flexibility index (Phi) is 2.50. The number of likely N-dealkylation sites (tertiary alicyclic amines) is 1. The van der Waals surface area contributed by atoms with Crippen LogP contribution in [0.3, 0.4) is 0 Å². The lowest BCUT2D eigenvalue weighted by atomic mass is 10.2. The van der Waals surface area contributed by atoms with E-state index in [1.807, 2.05) is 24.9 Å². The number of nitrogens with zero attached hydrogens (tertiary/aromatic N) is 3. The molecule has 4 heteroatoms. The van der Waals surface area contributed by atoms with Gasteiger partial charge in [0.05, 0.1) is 5.69 Å². The molecule has 2 rings (SSSR count). The van der Waals surface area contributed by atoms with Gasteiger partial charge in [0.15, 0.2) is 0 Å². The summed E-state index contributed by atoms with van der Waals surface area (Å²) in [6.45, 7) is 5.85. The minimum Gasteiger partial charge on any atom is -0.337 e. The summed E-state index contributed by atoms with van der Waals surface area (Å²) in [5.41, 5.74) is 1.59. The Labute approximate surface area is 89.9 Å². The summed E-state index contributed by atoms with van der Waals surface area (Å²) in [5.74, 6) is 0.741. The van der Waals surface area contributed by atoms with E-state index in [-0.39, 0.29) is 5.91 Å². The van der Waals surface area contributed by atoms with E-state index < -0.39 is 0 Å². The highest BCUT2D eigenvalue weighted by Gasteiger charge is 2.25. The van der Waals surface area contributed by atoms with E-state index in [0.29, 0.717) is 11.6 Å². The summed E-state index contributed by atoms with van der Waals surface area (Å²) in [4.78, 5) is 14.0. The van der Waals surface area contributed by atoms with Gasteiger partial charge in [0, 0.05) is 20.1 Å². The van der Waals surface area contributed by atoms with Crippen molar-refractivity contribution < 1.29 is 4.79 Å². The molecule has 0 radical (unpaired) electrons. The van der Waals surface area contributed by atoms with E-state index in [0.717, 1.165) is 25.2 Å². The summed E-state index contributed by atoms with van der Waals surface area (Å²) in [6, 6.07) is 1.85. The van der Waals surface area contributed by atoms with Crippen molar-refractivity contribution in [3.63, 3.8) is 0 Å². The topological polar surface area (TPSA) is 38.1 Å². The predicted molar refractivity (Wildman–Crippen MR) is 57.6 cm³/mol. The summed E-state index contributed by atoms with van der Waals surface area (Å²) in [6.07, 6.45) is 1.11. The molecule has 0 aromatic carbocycles. The van der Waals surface area contributed by atoms with Crippen LogP contribution in [0.2, 0.25) is 0 Å². The van der Waals surface area contributed by atoms with E-state index in [4.69, 9.17) is 0 Å². The zero-order valence-corrected chi connectivity index (χ0v) is 9.53. The van der Waals surface area contributed by atoms with E-state index in [1.165, 1.54) is 0 Å².